The van der Waals surface area contributed by atoms with Gasteiger partial charge in [0.05, 0.1) is 26.6 Å². The van der Waals surface area contributed by atoms with Gasteiger partial charge in [-0.2, -0.15) is 0 Å². The Hall–Kier alpha value is -1.35. The number of benzene rings is 1. The Labute approximate surface area is 96.0 Å². The highest BCUT2D eigenvalue weighted by molar-refractivity contribution is 5.69. The van der Waals surface area contributed by atoms with Crippen LogP contribution in [0.25, 0.3) is 0 Å². The molecule has 1 unspecified atom stereocenters. The number of rotatable bonds is 3. The lowest BCUT2D eigenvalue weighted by Gasteiger charge is -2.25. The largest absolute Gasteiger partial charge is 0.469 e. The van der Waals surface area contributed by atoms with Crippen molar-refractivity contribution in [2.75, 3.05) is 20.2 Å². The molecule has 1 aliphatic rings. The van der Waals surface area contributed by atoms with Crippen LogP contribution < -0.4 is 4.90 Å². The van der Waals surface area contributed by atoms with E-state index in [0.717, 1.165) is 26.1 Å². The third kappa shape index (κ3) is 2.61. The highest BCUT2D eigenvalue weighted by Gasteiger charge is 2.19. The Morgan fingerprint density at radius 2 is 2.12 bits per heavy atom. The van der Waals surface area contributed by atoms with E-state index in [-0.39, 0.29) is 5.97 Å². The van der Waals surface area contributed by atoms with Crippen molar-refractivity contribution in [2.24, 2.45) is 0 Å². The van der Waals surface area contributed by atoms with E-state index < -0.39 is 0 Å². The maximum Gasteiger partial charge on any atom is 0.311 e. The van der Waals surface area contributed by atoms with E-state index in [0.29, 0.717) is 6.42 Å². The Kier molecular flexibility index (Phi) is 3.57. The van der Waals surface area contributed by atoms with Crippen LogP contribution in [0.4, 0.5) is 0 Å². The van der Waals surface area contributed by atoms with Crippen molar-refractivity contribution in [1.29, 1.82) is 0 Å². The van der Waals surface area contributed by atoms with Crippen LogP contribution in [0.1, 0.15) is 17.5 Å². The van der Waals surface area contributed by atoms with Gasteiger partial charge < -0.3 is 9.64 Å². The number of nitrogens with one attached hydrogen (secondary N) is 1. The normalized spacial score (nSPS) is 18.9. The second kappa shape index (κ2) is 5.12. The summed E-state index contributed by atoms with van der Waals surface area (Å²) in [5.74, 6) is -0.105. The lowest BCUT2D eigenvalue weighted by molar-refractivity contribution is -0.915. The van der Waals surface area contributed by atoms with Gasteiger partial charge in [-0.25, -0.2) is 0 Å². The van der Waals surface area contributed by atoms with E-state index in [9.17, 15) is 4.79 Å². The topological polar surface area (TPSA) is 30.7 Å². The first kappa shape index (κ1) is 11.1. The highest BCUT2D eigenvalue weighted by Crippen LogP contribution is 2.10. The smallest absolute Gasteiger partial charge is 0.311 e. The molecular weight excluding hydrogens is 202 g/mol. The molecule has 0 spiro atoms. The van der Waals surface area contributed by atoms with E-state index in [1.165, 1.54) is 23.1 Å². The molecule has 1 atom stereocenters. The molecule has 16 heavy (non-hydrogen) atoms. The number of hydrogen-bond acceptors (Lipinski definition) is 2. The molecule has 0 saturated carbocycles. The quantitative estimate of drug-likeness (QED) is 0.737. The zero-order chi connectivity index (χ0) is 11.4. The Balaban J connectivity index is 1.90. The van der Waals surface area contributed by atoms with E-state index in [2.05, 4.69) is 29.0 Å². The molecule has 1 aromatic rings. The van der Waals surface area contributed by atoms with Crippen molar-refractivity contribution in [2.45, 2.75) is 19.4 Å². The number of fused-ring (bicyclic) bond motifs is 1. The number of hydrogen-bond donors (Lipinski definition) is 1. The molecule has 1 aliphatic heterocycles. The molecular formula is C13H18NO2+. The van der Waals surface area contributed by atoms with Crippen LogP contribution in [0.3, 0.4) is 0 Å². The van der Waals surface area contributed by atoms with Gasteiger partial charge >= 0.3 is 5.97 Å². The van der Waals surface area contributed by atoms with Crippen molar-refractivity contribution in [3.63, 3.8) is 0 Å². The van der Waals surface area contributed by atoms with Crippen molar-refractivity contribution in [3.05, 3.63) is 35.4 Å². The maximum absolute atomic E-state index is 11.1. The number of ether oxygens (including phenoxy) is 1. The molecule has 0 radical (unpaired) electrons. The van der Waals surface area contributed by atoms with Crippen LogP contribution in [0.2, 0.25) is 0 Å². The summed E-state index contributed by atoms with van der Waals surface area (Å²) < 4.78 is 4.66. The van der Waals surface area contributed by atoms with Gasteiger partial charge in [-0.15, -0.1) is 0 Å². The molecule has 1 N–H and O–H groups in total. The van der Waals surface area contributed by atoms with Gasteiger partial charge in [0.25, 0.3) is 0 Å². The molecule has 0 saturated heterocycles. The predicted octanol–water partition coefficient (Wildman–Crippen LogP) is 0.191. The number of quaternary nitrogens is 1. The zero-order valence-corrected chi connectivity index (χ0v) is 9.66. The van der Waals surface area contributed by atoms with Crippen LogP contribution >= 0.6 is 0 Å². The van der Waals surface area contributed by atoms with Crippen LogP contribution in [0, 0.1) is 0 Å². The molecule has 2 rings (SSSR count). The molecule has 1 heterocycles. The van der Waals surface area contributed by atoms with Gasteiger partial charge in [-0.3, -0.25) is 4.79 Å². The van der Waals surface area contributed by atoms with Crippen LogP contribution in [-0.4, -0.2) is 26.2 Å². The Bertz CT molecular complexity index is 376. The summed E-state index contributed by atoms with van der Waals surface area (Å²) in [6, 6.07) is 8.57. The van der Waals surface area contributed by atoms with E-state index >= 15 is 0 Å². The van der Waals surface area contributed by atoms with Gasteiger partial charge in [0.1, 0.15) is 6.54 Å². The molecule has 3 nitrogen and oxygen atoms in total. The number of carbonyl (C=O) groups excluding carboxylic acids is 1. The summed E-state index contributed by atoms with van der Waals surface area (Å²) in [5, 5.41) is 0. The highest BCUT2D eigenvalue weighted by atomic mass is 16.5. The summed E-state index contributed by atoms with van der Waals surface area (Å²) in [7, 11) is 1.45. The van der Waals surface area contributed by atoms with Crippen molar-refractivity contribution >= 4 is 5.97 Å². The molecule has 0 bridgehead atoms. The lowest BCUT2D eigenvalue weighted by Crippen LogP contribution is -3.11. The molecule has 0 aliphatic carbocycles. The minimum Gasteiger partial charge on any atom is -0.469 e. The monoisotopic (exact) mass is 220 g/mol. The molecule has 0 fully saturated rings. The second-order valence-electron chi connectivity index (χ2n) is 4.27. The zero-order valence-electron chi connectivity index (χ0n) is 9.66. The fourth-order valence-electron chi connectivity index (χ4n) is 2.24. The second-order valence-corrected chi connectivity index (χ2v) is 4.27. The third-order valence-corrected chi connectivity index (χ3v) is 3.22. The van der Waals surface area contributed by atoms with E-state index in [1.807, 2.05) is 0 Å². The average molecular weight is 220 g/mol. The fraction of sp³-hybridized carbons (Fsp3) is 0.462. The molecule has 1 aromatic carbocycles. The first-order valence-corrected chi connectivity index (χ1v) is 5.77. The molecule has 3 heteroatoms. The van der Waals surface area contributed by atoms with Gasteiger partial charge in [0.2, 0.25) is 0 Å². The SMILES string of the molecule is COC(=O)CC[NH+]1CCc2ccccc2C1. The average Bonchev–Trinajstić information content (AvgIpc) is 2.35. The summed E-state index contributed by atoms with van der Waals surface area (Å²) in [6.07, 6.45) is 1.64. The summed E-state index contributed by atoms with van der Waals surface area (Å²) >= 11 is 0. The van der Waals surface area contributed by atoms with Crippen molar-refractivity contribution < 1.29 is 14.4 Å². The number of methoxy groups -OCH3 is 1. The summed E-state index contributed by atoms with van der Waals surface area (Å²) in [5.41, 5.74) is 2.89. The van der Waals surface area contributed by atoms with Crippen molar-refractivity contribution in [3.8, 4) is 0 Å². The summed E-state index contributed by atoms with van der Waals surface area (Å²) in [4.78, 5) is 12.5. The van der Waals surface area contributed by atoms with Gasteiger partial charge in [0.15, 0.2) is 0 Å². The molecule has 0 aromatic heterocycles. The van der Waals surface area contributed by atoms with Gasteiger partial charge in [-0.1, -0.05) is 24.3 Å². The van der Waals surface area contributed by atoms with Gasteiger partial charge in [0, 0.05) is 12.0 Å². The number of carbonyl (C=O) groups is 1. The Morgan fingerprint density at radius 1 is 1.38 bits per heavy atom. The van der Waals surface area contributed by atoms with E-state index in [1.54, 1.807) is 0 Å². The van der Waals surface area contributed by atoms with Crippen LogP contribution in [0.15, 0.2) is 24.3 Å². The maximum atomic E-state index is 11.1. The summed E-state index contributed by atoms with van der Waals surface area (Å²) in [6.45, 7) is 3.03. The van der Waals surface area contributed by atoms with E-state index in [4.69, 9.17) is 0 Å². The minimum absolute atomic E-state index is 0.105. The first-order chi connectivity index (χ1) is 7.79. The third-order valence-electron chi connectivity index (χ3n) is 3.22. The predicted molar refractivity (Wildman–Crippen MR) is 61.2 cm³/mol. The van der Waals surface area contributed by atoms with Crippen LogP contribution in [-0.2, 0) is 22.5 Å². The van der Waals surface area contributed by atoms with Crippen molar-refractivity contribution in [1.82, 2.24) is 0 Å². The first-order valence-electron chi connectivity index (χ1n) is 5.77. The Morgan fingerprint density at radius 3 is 2.88 bits per heavy atom. The minimum atomic E-state index is -0.105. The van der Waals surface area contributed by atoms with Gasteiger partial charge in [-0.05, 0) is 5.56 Å². The molecule has 0 amide bonds. The number of esters is 1. The lowest BCUT2D eigenvalue weighted by atomic mass is 10.00. The fourth-order valence-corrected chi connectivity index (χ4v) is 2.24. The van der Waals surface area contributed by atoms with Crippen LogP contribution in [0.5, 0.6) is 0 Å². The standard InChI is InChI=1S/C13H17NO2/c1-16-13(15)7-9-14-8-6-11-4-2-3-5-12(11)10-14/h2-5H,6-10H2,1H3/p+1. The molecule has 86 valence electrons.